The minimum absolute atomic E-state index is 0.248. The predicted octanol–water partition coefficient (Wildman–Crippen LogP) is 1.65. The molecule has 0 bridgehead atoms. The summed E-state index contributed by atoms with van der Waals surface area (Å²) in [6, 6.07) is 2.00. The summed E-state index contributed by atoms with van der Waals surface area (Å²) in [6.45, 7) is 0.500. The third kappa shape index (κ3) is 4.39. The Labute approximate surface area is 96.2 Å². The SMILES string of the molecule is CNCCC(=O)Nc1ccc(C(F)(F)F)nc1. The topological polar surface area (TPSA) is 54.0 Å². The van der Waals surface area contributed by atoms with Crippen molar-refractivity contribution >= 4 is 11.6 Å². The monoisotopic (exact) mass is 247 g/mol. The van der Waals surface area contributed by atoms with Crippen molar-refractivity contribution in [1.29, 1.82) is 0 Å². The Kier molecular flexibility index (Phi) is 4.45. The highest BCUT2D eigenvalue weighted by molar-refractivity contribution is 5.90. The summed E-state index contributed by atoms with van der Waals surface area (Å²) in [5.41, 5.74) is -0.732. The Bertz CT molecular complexity index is 375. The van der Waals surface area contributed by atoms with Gasteiger partial charge in [0.25, 0.3) is 0 Å². The number of rotatable bonds is 4. The first-order valence-corrected chi connectivity index (χ1v) is 4.91. The zero-order valence-electron chi connectivity index (χ0n) is 9.14. The van der Waals surface area contributed by atoms with Crippen LogP contribution >= 0.6 is 0 Å². The summed E-state index contributed by atoms with van der Waals surface area (Å²) < 4.78 is 36.6. The molecule has 1 aromatic rings. The van der Waals surface area contributed by atoms with Crippen molar-refractivity contribution in [3.05, 3.63) is 24.0 Å². The minimum Gasteiger partial charge on any atom is -0.325 e. The largest absolute Gasteiger partial charge is 0.433 e. The third-order valence-electron chi connectivity index (χ3n) is 1.94. The van der Waals surface area contributed by atoms with Crippen LogP contribution in [0.15, 0.2) is 18.3 Å². The zero-order valence-corrected chi connectivity index (χ0v) is 9.14. The van der Waals surface area contributed by atoms with Gasteiger partial charge in [-0.25, -0.2) is 4.98 Å². The van der Waals surface area contributed by atoms with Gasteiger partial charge in [0.05, 0.1) is 11.9 Å². The second-order valence-electron chi connectivity index (χ2n) is 3.33. The molecule has 0 radical (unpaired) electrons. The average molecular weight is 247 g/mol. The lowest BCUT2D eigenvalue weighted by Gasteiger charge is -2.07. The first-order valence-electron chi connectivity index (χ1n) is 4.91. The molecule has 0 atom stereocenters. The number of nitrogens with one attached hydrogen (secondary N) is 2. The Morgan fingerprint density at radius 1 is 1.41 bits per heavy atom. The Balaban J connectivity index is 2.60. The van der Waals surface area contributed by atoms with Crippen molar-refractivity contribution < 1.29 is 18.0 Å². The highest BCUT2D eigenvalue weighted by atomic mass is 19.4. The molecule has 4 nitrogen and oxygen atoms in total. The van der Waals surface area contributed by atoms with E-state index in [1.807, 2.05) is 0 Å². The van der Waals surface area contributed by atoms with Gasteiger partial charge >= 0.3 is 6.18 Å². The number of amides is 1. The highest BCUT2D eigenvalue weighted by Gasteiger charge is 2.32. The number of nitrogens with zero attached hydrogens (tertiary/aromatic N) is 1. The Morgan fingerprint density at radius 3 is 2.59 bits per heavy atom. The Hall–Kier alpha value is -1.63. The molecule has 2 N–H and O–H groups in total. The van der Waals surface area contributed by atoms with Crippen LogP contribution in [0, 0.1) is 0 Å². The summed E-state index contributed by atoms with van der Waals surface area (Å²) in [6.07, 6.45) is -3.23. The molecule has 7 heteroatoms. The second kappa shape index (κ2) is 5.62. The molecule has 0 spiro atoms. The minimum atomic E-state index is -4.46. The number of carbonyl (C=O) groups is 1. The van der Waals surface area contributed by atoms with E-state index in [0.29, 0.717) is 6.54 Å². The van der Waals surface area contributed by atoms with Gasteiger partial charge in [-0.15, -0.1) is 0 Å². The second-order valence-corrected chi connectivity index (χ2v) is 3.33. The number of halogens is 3. The first-order chi connectivity index (χ1) is 7.93. The molecule has 1 rings (SSSR count). The van der Waals surface area contributed by atoms with E-state index in [2.05, 4.69) is 15.6 Å². The van der Waals surface area contributed by atoms with Gasteiger partial charge in [-0.3, -0.25) is 4.79 Å². The first kappa shape index (κ1) is 13.4. The maximum absolute atomic E-state index is 12.2. The number of hydrogen-bond donors (Lipinski definition) is 2. The lowest BCUT2D eigenvalue weighted by molar-refractivity contribution is -0.141. The zero-order chi connectivity index (χ0) is 12.9. The highest BCUT2D eigenvalue weighted by Crippen LogP contribution is 2.27. The predicted molar refractivity (Wildman–Crippen MR) is 56.4 cm³/mol. The number of pyridine rings is 1. The van der Waals surface area contributed by atoms with Gasteiger partial charge in [-0.2, -0.15) is 13.2 Å². The van der Waals surface area contributed by atoms with Gasteiger partial charge in [0, 0.05) is 13.0 Å². The van der Waals surface area contributed by atoms with Crippen molar-refractivity contribution in [1.82, 2.24) is 10.3 Å². The summed E-state index contributed by atoms with van der Waals surface area (Å²) >= 11 is 0. The molecule has 0 aliphatic rings. The molecule has 0 saturated carbocycles. The van der Waals surface area contributed by atoms with Crippen molar-refractivity contribution in [2.24, 2.45) is 0 Å². The molecular weight excluding hydrogens is 235 g/mol. The smallest absolute Gasteiger partial charge is 0.325 e. The molecule has 0 aliphatic heterocycles. The van der Waals surface area contributed by atoms with Crippen LogP contribution in [0.1, 0.15) is 12.1 Å². The number of aromatic nitrogens is 1. The van der Waals surface area contributed by atoms with Gasteiger partial charge < -0.3 is 10.6 Å². The van der Waals surface area contributed by atoms with Crippen LogP contribution in [0.3, 0.4) is 0 Å². The van der Waals surface area contributed by atoms with Gasteiger partial charge in [0.1, 0.15) is 5.69 Å². The van der Waals surface area contributed by atoms with E-state index in [-0.39, 0.29) is 18.0 Å². The van der Waals surface area contributed by atoms with Crippen LogP contribution in [0.25, 0.3) is 0 Å². The van der Waals surface area contributed by atoms with Gasteiger partial charge in [-0.1, -0.05) is 0 Å². The van der Waals surface area contributed by atoms with Gasteiger partial charge in [0.2, 0.25) is 5.91 Å². The summed E-state index contributed by atoms with van der Waals surface area (Å²) in [5, 5.41) is 5.23. The molecule has 94 valence electrons. The van der Waals surface area contributed by atoms with Gasteiger partial charge in [-0.05, 0) is 19.2 Å². The fraction of sp³-hybridized carbons (Fsp3) is 0.400. The van der Waals surface area contributed by atoms with Crippen molar-refractivity contribution in [3.8, 4) is 0 Å². The molecule has 1 heterocycles. The van der Waals surface area contributed by atoms with Crippen LogP contribution < -0.4 is 10.6 Å². The van der Waals surface area contributed by atoms with Crippen LogP contribution in [-0.4, -0.2) is 24.5 Å². The standard InChI is InChI=1S/C10H12F3N3O/c1-14-5-4-9(17)16-7-2-3-8(15-6-7)10(11,12)13/h2-3,6,14H,4-5H2,1H3,(H,16,17). The molecule has 0 aromatic carbocycles. The maximum atomic E-state index is 12.2. The van der Waals surface area contributed by atoms with Crippen molar-refractivity contribution in [2.75, 3.05) is 18.9 Å². The van der Waals surface area contributed by atoms with Crippen LogP contribution in [-0.2, 0) is 11.0 Å². The molecular formula is C10H12F3N3O. The number of carbonyl (C=O) groups excluding carboxylic acids is 1. The quantitative estimate of drug-likeness (QED) is 0.850. The molecule has 0 unspecified atom stereocenters. The summed E-state index contributed by atoms with van der Waals surface area (Å²) in [4.78, 5) is 14.5. The van der Waals surface area contributed by atoms with Gasteiger partial charge in [0.15, 0.2) is 0 Å². The molecule has 0 saturated heterocycles. The maximum Gasteiger partial charge on any atom is 0.433 e. The third-order valence-corrected chi connectivity index (χ3v) is 1.94. The van der Waals surface area contributed by atoms with E-state index in [4.69, 9.17) is 0 Å². The van der Waals surface area contributed by atoms with Crippen LogP contribution in [0.2, 0.25) is 0 Å². The number of hydrogen-bond acceptors (Lipinski definition) is 3. The Morgan fingerprint density at radius 2 is 2.12 bits per heavy atom. The van der Waals surface area contributed by atoms with E-state index in [0.717, 1.165) is 12.3 Å². The van der Waals surface area contributed by atoms with Crippen molar-refractivity contribution in [3.63, 3.8) is 0 Å². The van der Waals surface area contributed by atoms with Crippen molar-refractivity contribution in [2.45, 2.75) is 12.6 Å². The molecule has 1 aromatic heterocycles. The van der Waals surface area contributed by atoms with E-state index in [1.165, 1.54) is 6.07 Å². The summed E-state index contributed by atoms with van der Waals surface area (Å²) in [5.74, 6) is -0.277. The summed E-state index contributed by atoms with van der Waals surface area (Å²) in [7, 11) is 1.70. The normalized spacial score (nSPS) is 11.3. The molecule has 1 amide bonds. The lowest BCUT2D eigenvalue weighted by Crippen LogP contribution is -2.19. The number of anilines is 1. The molecule has 0 aliphatic carbocycles. The van der Waals surface area contributed by atoms with Crippen LogP contribution in [0.5, 0.6) is 0 Å². The average Bonchev–Trinajstić information content (AvgIpc) is 2.26. The van der Waals surface area contributed by atoms with E-state index < -0.39 is 11.9 Å². The fourth-order valence-electron chi connectivity index (χ4n) is 1.10. The number of alkyl halides is 3. The van der Waals surface area contributed by atoms with E-state index in [1.54, 1.807) is 7.05 Å². The molecule has 0 fully saturated rings. The van der Waals surface area contributed by atoms with E-state index in [9.17, 15) is 18.0 Å². The van der Waals surface area contributed by atoms with Crippen LogP contribution in [0.4, 0.5) is 18.9 Å². The lowest BCUT2D eigenvalue weighted by atomic mass is 10.3. The molecule has 17 heavy (non-hydrogen) atoms. The fourth-order valence-corrected chi connectivity index (χ4v) is 1.10. The van der Waals surface area contributed by atoms with E-state index >= 15 is 0 Å².